The highest BCUT2D eigenvalue weighted by Crippen LogP contribution is 2.53. The van der Waals surface area contributed by atoms with Gasteiger partial charge in [0, 0.05) is 11.9 Å². The van der Waals surface area contributed by atoms with E-state index >= 15 is 0 Å². The maximum absolute atomic E-state index is 13.7. The molecule has 1 N–H and O–H groups in total. The van der Waals surface area contributed by atoms with Gasteiger partial charge in [0.25, 0.3) is 0 Å². The fraction of sp³-hybridized carbons (Fsp3) is 0.148. The van der Waals surface area contributed by atoms with Gasteiger partial charge in [0.1, 0.15) is 11.9 Å². The van der Waals surface area contributed by atoms with Crippen molar-refractivity contribution in [3.05, 3.63) is 102 Å². The molecule has 0 radical (unpaired) electrons. The van der Waals surface area contributed by atoms with Crippen molar-refractivity contribution in [2.24, 2.45) is 11.8 Å². The van der Waals surface area contributed by atoms with Crippen LogP contribution in [0.4, 0.5) is 15.8 Å². The van der Waals surface area contributed by atoms with Crippen LogP contribution in [0, 0.1) is 17.7 Å². The van der Waals surface area contributed by atoms with Gasteiger partial charge in [-0.15, -0.1) is 0 Å². The fourth-order valence-electron chi connectivity index (χ4n) is 5.44. The van der Waals surface area contributed by atoms with Crippen LogP contribution in [-0.4, -0.2) is 28.7 Å². The van der Waals surface area contributed by atoms with E-state index in [1.165, 1.54) is 24.3 Å². The van der Waals surface area contributed by atoms with Crippen LogP contribution in [0.2, 0.25) is 0 Å². The maximum Gasteiger partial charge on any atom is 0.247 e. The van der Waals surface area contributed by atoms with Gasteiger partial charge in [0.05, 0.1) is 23.6 Å². The van der Waals surface area contributed by atoms with Gasteiger partial charge < -0.3 is 10.2 Å². The van der Waals surface area contributed by atoms with Gasteiger partial charge in [-0.05, 0) is 53.6 Å². The van der Waals surface area contributed by atoms with Crippen LogP contribution in [0.15, 0.2) is 85.1 Å². The Bertz CT molecular complexity index is 1340. The van der Waals surface area contributed by atoms with E-state index in [1.807, 2.05) is 59.6 Å². The van der Waals surface area contributed by atoms with Crippen LogP contribution < -0.4 is 10.2 Å². The topological polar surface area (TPSA) is 69.7 Å². The molecule has 3 aromatic carbocycles. The number of nitrogens with one attached hydrogen (secondary N) is 1. The lowest BCUT2D eigenvalue weighted by molar-refractivity contribution is -0.128. The van der Waals surface area contributed by atoms with E-state index in [4.69, 9.17) is 0 Å². The second-order valence-electron chi connectivity index (χ2n) is 8.68. The Labute approximate surface area is 195 Å². The minimum absolute atomic E-state index is 0.305. The van der Waals surface area contributed by atoms with Gasteiger partial charge in [0.15, 0.2) is 0 Å². The van der Waals surface area contributed by atoms with Crippen LogP contribution in [-0.2, 0) is 14.4 Å². The molecule has 2 saturated heterocycles. The summed E-state index contributed by atoms with van der Waals surface area (Å²) in [4.78, 5) is 43.9. The highest BCUT2D eigenvalue weighted by atomic mass is 19.1. The first kappa shape index (κ1) is 20.4. The summed E-state index contributed by atoms with van der Waals surface area (Å²) in [6, 6.07) is 20.6. The van der Waals surface area contributed by atoms with E-state index in [9.17, 15) is 18.8 Å². The van der Waals surface area contributed by atoms with Gasteiger partial charge in [0.2, 0.25) is 17.7 Å². The molecule has 168 valence electrons. The van der Waals surface area contributed by atoms with E-state index in [1.54, 1.807) is 12.1 Å². The second kappa shape index (κ2) is 7.66. The molecule has 7 heteroatoms. The average molecular weight is 453 g/mol. The quantitative estimate of drug-likeness (QED) is 0.609. The molecular formula is C27H20FN3O3. The molecule has 0 saturated carbocycles. The van der Waals surface area contributed by atoms with Gasteiger partial charge in [-0.3, -0.25) is 14.4 Å². The summed E-state index contributed by atoms with van der Waals surface area (Å²) < 4.78 is 13.5. The van der Waals surface area contributed by atoms with Gasteiger partial charge in [-0.2, -0.15) is 0 Å². The maximum atomic E-state index is 13.7. The zero-order valence-corrected chi connectivity index (χ0v) is 18.0. The molecule has 34 heavy (non-hydrogen) atoms. The molecule has 6 nitrogen and oxygen atoms in total. The number of anilines is 2. The fourth-order valence-corrected chi connectivity index (χ4v) is 5.44. The van der Waals surface area contributed by atoms with Gasteiger partial charge in [-0.25, -0.2) is 9.29 Å². The number of amides is 3. The Balaban J connectivity index is 1.45. The zero-order chi connectivity index (χ0) is 23.4. The number of fused-ring (bicyclic) bond motifs is 5. The molecular weight excluding hydrogens is 433 g/mol. The minimum Gasteiger partial charge on any atom is -0.357 e. The van der Waals surface area contributed by atoms with Crippen molar-refractivity contribution in [3.63, 3.8) is 0 Å². The van der Waals surface area contributed by atoms with Gasteiger partial charge in [-0.1, -0.05) is 42.5 Å². The first-order valence-electron chi connectivity index (χ1n) is 11.1. The third-order valence-electron chi connectivity index (χ3n) is 6.86. The lowest BCUT2D eigenvalue weighted by Crippen LogP contribution is -2.46. The van der Waals surface area contributed by atoms with Crippen molar-refractivity contribution < 1.29 is 18.8 Å². The molecule has 3 aliphatic heterocycles. The number of imide groups is 1. The Morgan fingerprint density at radius 2 is 1.50 bits per heavy atom. The molecule has 0 bridgehead atoms. The molecule has 4 unspecified atom stereocenters. The van der Waals surface area contributed by atoms with Crippen molar-refractivity contribution in [1.29, 1.82) is 0 Å². The Morgan fingerprint density at radius 3 is 2.26 bits per heavy atom. The van der Waals surface area contributed by atoms with E-state index in [2.05, 4.69) is 5.32 Å². The molecule has 3 heterocycles. The first-order chi connectivity index (χ1) is 16.5. The number of carbonyl (C=O) groups excluding carboxylic acids is 3. The standard InChI is InChI=1S/C27H20FN3O3/c28-17-10-12-19(13-11-17)31-26(33)21-22(27(31)34)24(25(32)29-18-7-2-1-3-8-18)30-15-14-16-6-4-5-9-20(16)23(21)30/h1-15,21-24H,(H,29,32). The third kappa shape index (κ3) is 2.97. The monoisotopic (exact) mass is 453 g/mol. The molecule has 4 atom stereocenters. The number of halogens is 1. The number of hydrogen-bond donors (Lipinski definition) is 1. The third-order valence-corrected chi connectivity index (χ3v) is 6.86. The van der Waals surface area contributed by atoms with Crippen LogP contribution in [0.3, 0.4) is 0 Å². The van der Waals surface area contributed by atoms with Crippen molar-refractivity contribution >= 4 is 35.2 Å². The molecule has 0 aliphatic carbocycles. The van der Waals surface area contributed by atoms with E-state index in [0.29, 0.717) is 11.4 Å². The van der Waals surface area contributed by atoms with E-state index in [0.717, 1.165) is 16.0 Å². The molecule has 0 spiro atoms. The highest BCUT2D eigenvalue weighted by Gasteiger charge is 2.64. The summed E-state index contributed by atoms with van der Waals surface area (Å²) in [6.07, 6.45) is 3.71. The largest absolute Gasteiger partial charge is 0.357 e. The molecule has 3 aromatic rings. The number of rotatable bonds is 3. The Morgan fingerprint density at radius 1 is 0.824 bits per heavy atom. The van der Waals surface area contributed by atoms with E-state index in [-0.39, 0.29) is 11.8 Å². The van der Waals surface area contributed by atoms with Crippen LogP contribution >= 0.6 is 0 Å². The number of carbonyl (C=O) groups is 3. The highest BCUT2D eigenvalue weighted by molar-refractivity contribution is 6.24. The SMILES string of the molecule is O=C(Nc1ccccc1)C1C2C(=O)N(c3ccc(F)cc3)C(=O)C2C2c3ccccc3C=CN12. The van der Waals surface area contributed by atoms with Crippen LogP contribution in [0.1, 0.15) is 17.2 Å². The zero-order valence-electron chi connectivity index (χ0n) is 18.0. The summed E-state index contributed by atoms with van der Waals surface area (Å²) in [7, 11) is 0. The molecule has 3 aliphatic rings. The van der Waals surface area contributed by atoms with Crippen molar-refractivity contribution in [2.75, 3.05) is 10.2 Å². The van der Waals surface area contributed by atoms with Gasteiger partial charge >= 0.3 is 0 Å². The molecule has 2 fully saturated rings. The Kier molecular flexibility index (Phi) is 4.58. The predicted octanol–water partition coefficient (Wildman–Crippen LogP) is 3.98. The summed E-state index contributed by atoms with van der Waals surface area (Å²) in [5, 5.41) is 2.90. The number of hydrogen-bond acceptors (Lipinski definition) is 4. The normalized spacial score (nSPS) is 24.6. The molecule has 0 aromatic heterocycles. The summed E-state index contributed by atoms with van der Waals surface area (Å²) in [5.41, 5.74) is 2.77. The lowest BCUT2D eigenvalue weighted by Gasteiger charge is -2.35. The summed E-state index contributed by atoms with van der Waals surface area (Å²) in [5.74, 6) is -3.25. The number of benzene rings is 3. The summed E-state index contributed by atoms with van der Waals surface area (Å²) >= 11 is 0. The smallest absolute Gasteiger partial charge is 0.247 e. The van der Waals surface area contributed by atoms with Crippen molar-refractivity contribution in [1.82, 2.24) is 4.90 Å². The summed E-state index contributed by atoms with van der Waals surface area (Å²) in [6.45, 7) is 0. The van der Waals surface area contributed by atoms with Crippen LogP contribution in [0.5, 0.6) is 0 Å². The molecule has 6 rings (SSSR count). The molecule has 3 amide bonds. The van der Waals surface area contributed by atoms with E-state index < -0.39 is 35.6 Å². The minimum atomic E-state index is -0.873. The van der Waals surface area contributed by atoms with Crippen LogP contribution in [0.25, 0.3) is 6.08 Å². The first-order valence-corrected chi connectivity index (χ1v) is 11.1. The average Bonchev–Trinajstić information content (AvgIpc) is 3.33. The lowest BCUT2D eigenvalue weighted by atomic mass is 9.84. The van der Waals surface area contributed by atoms with Crippen molar-refractivity contribution in [2.45, 2.75) is 12.1 Å². The number of para-hydroxylation sites is 1. The second-order valence-corrected chi connectivity index (χ2v) is 8.68. The number of nitrogens with zero attached hydrogens (tertiary/aromatic N) is 2. The Hall–Kier alpha value is -4.26. The van der Waals surface area contributed by atoms with Crippen molar-refractivity contribution in [3.8, 4) is 0 Å². The predicted molar refractivity (Wildman–Crippen MR) is 125 cm³/mol.